The van der Waals surface area contributed by atoms with Crippen LogP contribution in [0.4, 0.5) is 0 Å². The van der Waals surface area contributed by atoms with Gasteiger partial charge in [-0.2, -0.15) is 0 Å². The van der Waals surface area contributed by atoms with Gasteiger partial charge in [0.15, 0.2) is 0 Å². The number of hydrogen-bond donors (Lipinski definition) is 0. The van der Waals surface area contributed by atoms with E-state index in [0.717, 1.165) is 0 Å². The van der Waals surface area contributed by atoms with E-state index in [0.29, 0.717) is 0 Å². The Morgan fingerprint density at radius 3 is 1.93 bits per heavy atom. The van der Waals surface area contributed by atoms with Gasteiger partial charge in [0.2, 0.25) is 0 Å². The molecule has 0 aliphatic carbocycles. The van der Waals surface area contributed by atoms with Crippen LogP contribution in [-0.4, -0.2) is 0 Å². The lowest BCUT2D eigenvalue weighted by atomic mass is 9.92. The Kier molecular flexibility index (Phi) is 4.38. The highest BCUT2D eigenvalue weighted by molar-refractivity contribution is 7.99. The second-order valence-electron chi connectivity index (χ2n) is 7.08. The second-order valence-corrected chi connectivity index (χ2v) is 8.16. The predicted octanol–water partition coefficient (Wildman–Crippen LogP) is 8.12. The smallest absolute Gasteiger partial charge is 0.0285 e. The van der Waals surface area contributed by atoms with Crippen LogP contribution in [0.1, 0.15) is 5.56 Å². The molecule has 0 radical (unpaired) electrons. The first kappa shape index (κ1) is 17.1. The molecule has 5 aromatic carbocycles. The Morgan fingerprint density at radius 2 is 1.18 bits per heavy atom. The summed E-state index contributed by atoms with van der Waals surface area (Å²) in [6.07, 6.45) is 0. The first-order chi connectivity index (χ1) is 13.8. The van der Waals surface area contributed by atoms with E-state index in [1.165, 1.54) is 48.0 Å². The summed E-state index contributed by atoms with van der Waals surface area (Å²) in [6, 6.07) is 37.1. The maximum atomic E-state index is 2.32. The van der Waals surface area contributed by atoms with Crippen LogP contribution in [-0.2, 0) is 0 Å². The first-order valence-electron chi connectivity index (χ1n) is 9.54. The van der Waals surface area contributed by atoms with Crippen molar-refractivity contribution < 1.29 is 0 Å². The Bertz CT molecular complexity index is 1270. The molecule has 5 aromatic rings. The van der Waals surface area contributed by atoms with Gasteiger partial charge in [-0.25, -0.2) is 0 Å². The van der Waals surface area contributed by atoms with Crippen molar-refractivity contribution in [2.24, 2.45) is 0 Å². The molecule has 0 unspecified atom stereocenters. The minimum Gasteiger partial charge on any atom is -0.0888 e. The first-order valence-corrected chi connectivity index (χ1v) is 10.4. The van der Waals surface area contributed by atoms with Gasteiger partial charge in [0.05, 0.1) is 0 Å². The molecule has 0 saturated heterocycles. The highest BCUT2D eigenvalue weighted by Crippen LogP contribution is 2.46. The lowest BCUT2D eigenvalue weighted by molar-refractivity contribution is 1.43. The molecule has 0 spiro atoms. The Labute approximate surface area is 169 Å². The molecule has 0 atom stereocenters. The molecule has 0 N–H and O–H groups in total. The molecule has 0 aliphatic rings. The lowest BCUT2D eigenvalue weighted by Gasteiger charge is -2.18. The van der Waals surface area contributed by atoms with E-state index in [2.05, 4.69) is 110 Å². The zero-order valence-electron chi connectivity index (χ0n) is 15.7. The normalized spacial score (nSPS) is 11.2. The molecule has 0 fully saturated rings. The number of aryl methyl sites for hydroxylation is 1. The maximum absolute atomic E-state index is 2.32. The van der Waals surface area contributed by atoms with Crippen LogP contribution < -0.4 is 0 Å². The molecule has 5 rings (SSSR count). The van der Waals surface area contributed by atoms with Crippen LogP contribution in [0.3, 0.4) is 0 Å². The largest absolute Gasteiger partial charge is 0.0888 e. The molecule has 0 aromatic heterocycles. The fraction of sp³-hybridized carbons (Fsp3) is 0.0370. The molecule has 0 bridgehead atoms. The van der Waals surface area contributed by atoms with Crippen LogP contribution in [0, 0.1) is 6.92 Å². The van der Waals surface area contributed by atoms with Gasteiger partial charge in [-0.05, 0) is 46.2 Å². The number of hydrogen-bond acceptors (Lipinski definition) is 1. The van der Waals surface area contributed by atoms with Gasteiger partial charge >= 0.3 is 0 Å². The minimum absolute atomic E-state index is 1.26. The van der Waals surface area contributed by atoms with Gasteiger partial charge in [-0.1, -0.05) is 108 Å². The molecular weight excluding hydrogens is 356 g/mol. The van der Waals surface area contributed by atoms with E-state index in [4.69, 9.17) is 0 Å². The van der Waals surface area contributed by atoms with E-state index < -0.39 is 0 Å². The molecular formula is C27H20S. The van der Waals surface area contributed by atoms with Gasteiger partial charge in [0.25, 0.3) is 0 Å². The van der Waals surface area contributed by atoms with Crippen LogP contribution in [0.25, 0.3) is 32.7 Å². The standard InChI is InChI=1S/C27H20S/c1-19-16-17-24-25(18-19)22-14-8-9-15-23(22)26(20-10-4-2-5-11-20)27(24)28-21-12-6-3-7-13-21/h2-18H,1H3. The van der Waals surface area contributed by atoms with E-state index in [1.807, 2.05) is 11.8 Å². The zero-order valence-corrected chi connectivity index (χ0v) is 16.5. The number of rotatable bonds is 3. The Hall–Kier alpha value is -3.03. The van der Waals surface area contributed by atoms with Crippen molar-refractivity contribution in [1.82, 2.24) is 0 Å². The average Bonchev–Trinajstić information content (AvgIpc) is 2.75. The van der Waals surface area contributed by atoms with Crippen LogP contribution in [0.2, 0.25) is 0 Å². The van der Waals surface area contributed by atoms with Crippen molar-refractivity contribution in [2.45, 2.75) is 16.7 Å². The molecule has 134 valence electrons. The van der Waals surface area contributed by atoms with Gasteiger partial charge in [0, 0.05) is 15.4 Å². The maximum Gasteiger partial charge on any atom is 0.0285 e. The summed E-state index contributed by atoms with van der Waals surface area (Å²) >= 11 is 1.86. The fourth-order valence-corrected chi connectivity index (χ4v) is 5.02. The number of fused-ring (bicyclic) bond motifs is 3. The second kappa shape index (κ2) is 7.18. The van der Waals surface area contributed by atoms with E-state index in [-0.39, 0.29) is 0 Å². The van der Waals surface area contributed by atoms with Gasteiger partial charge in [-0.15, -0.1) is 0 Å². The van der Waals surface area contributed by atoms with Crippen molar-refractivity contribution >= 4 is 33.3 Å². The summed E-state index contributed by atoms with van der Waals surface area (Å²) in [7, 11) is 0. The van der Waals surface area contributed by atoms with Crippen LogP contribution >= 0.6 is 11.8 Å². The quantitative estimate of drug-likeness (QED) is 0.286. The van der Waals surface area contributed by atoms with Gasteiger partial charge < -0.3 is 0 Å². The summed E-state index contributed by atoms with van der Waals surface area (Å²) in [5.74, 6) is 0. The van der Waals surface area contributed by atoms with Gasteiger partial charge in [0.1, 0.15) is 0 Å². The summed E-state index contributed by atoms with van der Waals surface area (Å²) in [6.45, 7) is 2.17. The molecule has 0 amide bonds. The lowest BCUT2D eigenvalue weighted by Crippen LogP contribution is -1.90. The minimum atomic E-state index is 1.26. The van der Waals surface area contributed by atoms with Crippen LogP contribution in [0.15, 0.2) is 113 Å². The third-order valence-electron chi connectivity index (χ3n) is 5.16. The Balaban J connectivity index is 1.93. The molecule has 0 aliphatic heterocycles. The molecule has 0 heterocycles. The SMILES string of the molecule is Cc1ccc2c(Sc3ccccc3)c(-c3ccccc3)c3ccccc3c2c1. The summed E-state index contributed by atoms with van der Waals surface area (Å²) in [5, 5.41) is 5.27. The van der Waals surface area contributed by atoms with Crippen molar-refractivity contribution in [3.63, 3.8) is 0 Å². The van der Waals surface area contributed by atoms with Crippen molar-refractivity contribution in [3.05, 3.63) is 109 Å². The summed E-state index contributed by atoms with van der Waals surface area (Å²) in [4.78, 5) is 2.59. The summed E-state index contributed by atoms with van der Waals surface area (Å²) in [5.41, 5.74) is 3.88. The highest BCUT2D eigenvalue weighted by atomic mass is 32.2. The summed E-state index contributed by atoms with van der Waals surface area (Å²) < 4.78 is 0. The van der Waals surface area contributed by atoms with E-state index >= 15 is 0 Å². The third-order valence-corrected chi connectivity index (χ3v) is 6.29. The van der Waals surface area contributed by atoms with Crippen LogP contribution in [0.5, 0.6) is 0 Å². The van der Waals surface area contributed by atoms with Crippen molar-refractivity contribution in [2.75, 3.05) is 0 Å². The van der Waals surface area contributed by atoms with Crippen molar-refractivity contribution in [1.29, 1.82) is 0 Å². The molecule has 0 saturated carbocycles. The van der Waals surface area contributed by atoms with Crippen molar-refractivity contribution in [3.8, 4) is 11.1 Å². The van der Waals surface area contributed by atoms with Gasteiger partial charge in [-0.3, -0.25) is 0 Å². The predicted molar refractivity (Wildman–Crippen MR) is 122 cm³/mol. The molecule has 0 nitrogen and oxygen atoms in total. The molecule has 1 heteroatoms. The average molecular weight is 377 g/mol. The fourth-order valence-electron chi connectivity index (χ4n) is 3.88. The monoisotopic (exact) mass is 376 g/mol. The molecule has 28 heavy (non-hydrogen) atoms. The number of benzene rings is 5. The third kappa shape index (κ3) is 2.98. The van der Waals surface area contributed by atoms with E-state index in [9.17, 15) is 0 Å². The van der Waals surface area contributed by atoms with E-state index in [1.54, 1.807) is 0 Å². The highest BCUT2D eigenvalue weighted by Gasteiger charge is 2.16. The Morgan fingerprint density at radius 1 is 0.536 bits per heavy atom. The zero-order chi connectivity index (χ0) is 18.9. The topological polar surface area (TPSA) is 0 Å².